The number of sulfonamides is 1. The standard InChI is InChI=1S/C10H19N3O2S2/c1-3-13(17(2,14)15)6-4-5-11-7-10-8-16-9-12-10/h8-9,11H,3-7H2,1-2H3. The lowest BCUT2D eigenvalue weighted by Crippen LogP contribution is -2.32. The van der Waals surface area contributed by atoms with Crippen molar-refractivity contribution in [2.45, 2.75) is 19.9 Å². The first-order valence-corrected chi connectivity index (χ1v) is 8.36. The molecule has 1 aromatic rings. The lowest BCUT2D eigenvalue weighted by Gasteiger charge is -2.17. The molecule has 0 amide bonds. The van der Waals surface area contributed by atoms with Gasteiger partial charge in [-0.3, -0.25) is 0 Å². The van der Waals surface area contributed by atoms with E-state index >= 15 is 0 Å². The maximum atomic E-state index is 11.3. The van der Waals surface area contributed by atoms with Gasteiger partial charge in [-0.05, 0) is 13.0 Å². The van der Waals surface area contributed by atoms with Crippen LogP contribution in [0.5, 0.6) is 0 Å². The van der Waals surface area contributed by atoms with Gasteiger partial charge in [0, 0.05) is 25.0 Å². The summed E-state index contributed by atoms with van der Waals surface area (Å²) in [6.45, 7) is 4.49. The van der Waals surface area contributed by atoms with E-state index in [9.17, 15) is 8.42 Å². The second-order valence-electron chi connectivity index (χ2n) is 3.76. The van der Waals surface area contributed by atoms with E-state index in [1.807, 2.05) is 12.3 Å². The Kier molecular flexibility index (Phi) is 6.04. The van der Waals surface area contributed by atoms with E-state index in [0.717, 1.165) is 25.2 Å². The van der Waals surface area contributed by atoms with Crippen LogP contribution in [0.15, 0.2) is 10.9 Å². The molecule has 0 atom stereocenters. The maximum absolute atomic E-state index is 11.3. The van der Waals surface area contributed by atoms with Crippen LogP contribution >= 0.6 is 11.3 Å². The molecule has 98 valence electrons. The largest absolute Gasteiger partial charge is 0.311 e. The average Bonchev–Trinajstić information content (AvgIpc) is 2.74. The van der Waals surface area contributed by atoms with Crippen LogP contribution in [0, 0.1) is 0 Å². The Labute approximate surface area is 107 Å². The second kappa shape index (κ2) is 7.05. The first-order chi connectivity index (χ1) is 8.04. The highest BCUT2D eigenvalue weighted by Crippen LogP contribution is 2.00. The summed E-state index contributed by atoms with van der Waals surface area (Å²) in [7, 11) is -3.05. The van der Waals surface area contributed by atoms with Crippen molar-refractivity contribution in [3.05, 3.63) is 16.6 Å². The monoisotopic (exact) mass is 277 g/mol. The maximum Gasteiger partial charge on any atom is 0.211 e. The van der Waals surface area contributed by atoms with Crippen molar-refractivity contribution < 1.29 is 8.42 Å². The van der Waals surface area contributed by atoms with Gasteiger partial charge < -0.3 is 5.32 Å². The topological polar surface area (TPSA) is 62.3 Å². The highest BCUT2D eigenvalue weighted by molar-refractivity contribution is 7.88. The van der Waals surface area contributed by atoms with E-state index in [-0.39, 0.29) is 0 Å². The van der Waals surface area contributed by atoms with E-state index in [2.05, 4.69) is 10.3 Å². The van der Waals surface area contributed by atoms with Gasteiger partial charge >= 0.3 is 0 Å². The van der Waals surface area contributed by atoms with Gasteiger partial charge in [0.2, 0.25) is 10.0 Å². The molecule has 1 N–H and O–H groups in total. The second-order valence-corrected chi connectivity index (χ2v) is 6.47. The van der Waals surface area contributed by atoms with Crippen LogP contribution in [0.1, 0.15) is 19.0 Å². The minimum absolute atomic E-state index is 0.533. The molecule has 0 saturated heterocycles. The summed E-state index contributed by atoms with van der Waals surface area (Å²) >= 11 is 1.58. The van der Waals surface area contributed by atoms with Gasteiger partial charge in [0.05, 0.1) is 17.5 Å². The van der Waals surface area contributed by atoms with Crippen molar-refractivity contribution in [3.8, 4) is 0 Å². The number of rotatable bonds is 8. The predicted octanol–water partition coefficient (Wildman–Crippen LogP) is 0.904. The van der Waals surface area contributed by atoms with Crippen molar-refractivity contribution in [1.29, 1.82) is 0 Å². The van der Waals surface area contributed by atoms with Crippen molar-refractivity contribution in [2.24, 2.45) is 0 Å². The Bertz CT molecular complexity index is 403. The number of nitrogens with zero attached hydrogens (tertiary/aromatic N) is 2. The van der Waals surface area contributed by atoms with Crippen LogP contribution in [0.2, 0.25) is 0 Å². The Morgan fingerprint density at radius 3 is 2.82 bits per heavy atom. The highest BCUT2D eigenvalue weighted by Gasteiger charge is 2.12. The summed E-state index contributed by atoms with van der Waals surface area (Å²) in [4.78, 5) is 4.15. The molecule has 0 bridgehead atoms. The summed E-state index contributed by atoms with van der Waals surface area (Å²) in [5, 5.41) is 5.24. The fourth-order valence-electron chi connectivity index (χ4n) is 1.48. The number of hydrogen-bond donors (Lipinski definition) is 1. The molecule has 1 aromatic heterocycles. The summed E-state index contributed by atoms with van der Waals surface area (Å²) in [6.07, 6.45) is 2.06. The van der Waals surface area contributed by atoms with Gasteiger partial charge in [-0.15, -0.1) is 11.3 Å². The van der Waals surface area contributed by atoms with E-state index in [1.165, 1.54) is 10.6 Å². The fraction of sp³-hybridized carbons (Fsp3) is 0.700. The van der Waals surface area contributed by atoms with Gasteiger partial charge in [0.15, 0.2) is 0 Å². The fourth-order valence-corrected chi connectivity index (χ4v) is 2.97. The molecule has 1 heterocycles. The number of aromatic nitrogens is 1. The zero-order valence-electron chi connectivity index (χ0n) is 10.2. The lowest BCUT2D eigenvalue weighted by atomic mass is 10.4. The lowest BCUT2D eigenvalue weighted by molar-refractivity contribution is 0.419. The van der Waals surface area contributed by atoms with Crippen LogP contribution in [-0.2, 0) is 16.6 Å². The SMILES string of the molecule is CCN(CCCNCc1cscn1)S(C)(=O)=O. The molecular weight excluding hydrogens is 258 g/mol. The van der Waals surface area contributed by atoms with Gasteiger partial charge in [-0.2, -0.15) is 0 Å². The molecule has 5 nitrogen and oxygen atoms in total. The molecule has 17 heavy (non-hydrogen) atoms. The van der Waals surface area contributed by atoms with Crippen molar-refractivity contribution in [1.82, 2.24) is 14.6 Å². The molecule has 7 heteroatoms. The molecule has 0 unspecified atom stereocenters. The molecule has 0 aliphatic rings. The first kappa shape index (κ1) is 14.6. The third-order valence-corrected chi connectivity index (χ3v) is 4.39. The van der Waals surface area contributed by atoms with E-state index < -0.39 is 10.0 Å². The minimum Gasteiger partial charge on any atom is -0.311 e. The van der Waals surface area contributed by atoms with E-state index in [4.69, 9.17) is 0 Å². The Morgan fingerprint density at radius 2 is 2.29 bits per heavy atom. The van der Waals surface area contributed by atoms with Crippen LogP contribution in [-0.4, -0.2) is 43.6 Å². The molecule has 0 aromatic carbocycles. The molecule has 0 radical (unpaired) electrons. The quantitative estimate of drug-likeness (QED) is 0.717. The summed E-state index contributed by atoms with van der Waals surface area (Å²) in [5.74, 6) is 0. The average molecular weight is 277 g/mol. The van der Waals surface area contributed by atoms with Crippen LogP contribution in [0.3, 0.4) is 0 Å². The third kappa shape index (κ3) is 5.58. The zero-order valence-corrected chi connectivity index (χ0v) is 11.9. The molecular formula is C10H19N3O2S2. The molecule has 1 rings (SSSR count). The summed E-state index contributed by atoms with van der Waals surface area (Å²) in [6, 6.07) is 0. The Morgan fingerprint density at radius 1 is 1.53 bits per heavy atom. The molecule has 0 aliphatic heterocycles. The minimum atomic E-state index is -3.05. The van der Waals surface area contributed by atoms with Gasteiger partial charge in [0.25, 0.3) is 0 Å². The first-order valence-electron chi connectivity index (χ1n) is 5.57. The van der Waals surface area contributed by atoms with Crippen molar-refractivity contribution >= 4 is 21.4 Å². The van der Waals surface area contributed by atoms with E-state index in [1.54, 1.807) is 16.8 Å². The van der Waals surface area contributed by atoms with Gasteiger partial charge in [-0.25, -0.2) is 17.7 Å². The summed E-state index contributed by atoms with van der Waals surface area (Å²) < 4.78 is 24.1. The number of nitrogens with one attached hydrogen (secondary N) is 1. The van der Waals surface area contributed by atoms with Gasteiger partial charge in [-0.1, -0.05) is 6.92 Å². The van der Waals surface area contributed by atoms with Crippen LogP contribution in [0.4, 0.5) is 0 Å². The Balaban J connectivity index is 2.15. The predicted molar refractivity (Wildman–Crippen MR) is 70.5 cm³/mol. The normalized spacial score (nSPS) is 12.2. The van der Waals surface area contributed by atoms with Crippen molar-refractivity contribution in [2.75, 3.05) is 25.9 Å². The smallest absolute Gasteiger partial charge is 0.211 e. The molecule has 0 spiro atoms. The van der Waals surface area contributed by atoms with Crippen LogP contribution < -0.4 is 5.32 Å². The summed E-state index contributed by atoms with van der Waals surface area (Å²) in [5.41, 5.74) is 2.84. The molecule has 0 aliphatic carbocycles. The highest BCUT2D eigenvalue weighted by atomic mass is 32.2. The van der Waals surface area contributed by atoms with Crippen LogP contribution in [0.25, 0.3) is 0 Å². The number of thiazole rings is 1. The zero-order chi connectivity index (χ0) is 12.7. The molecule has 0 saturated carbocycles. The van der Waals surface area contributed by atoms with Gasteiger partial charge in [0.1, 0.15) is 0 Å². The van der Waals surface area contributed by atoms with E-state index in [0.29, 0.717) is 13.1 Å². The number of hydrogen-bond acceptors (Lipinski definition) is 5. The van der Waals surface area contributed by atoms with Crippen molar-refractivity contribution in [3.63, 3.8) is 0 Å². The Hall–Kier alpha value is -0.500. The third-order valence-electron chi connectivity index (χ3n) is 2.37. The molecule has 0 fully saturated rings.